The van der Waals surface area contributed by atoms with Gasteiger partial charge in [-0.25, -0.2) is 0 Å². The van der Waals surface area contributed by atoms with Crippen LogP contribution < -0.4 is 14.4 Å². The van der Waals surface area contributed by atoms with Crippen LogP contribution in [0.3, 0.4) is 0 Å². The summed E-state index contributed by atoms with van der Waals surface area (Å²) < 4.78 is 10.8. The van der Waals surface area contributed by atoms with E-state index in [-0.39, 0.29) is 11.3 Å². The predicted molar refractivity (Wildman–Crippen MR) is 131 cm³/mol. The van der Waals surface area contributed by atoms with Crippen molar-refractivity contribution in [3.8, 4) is 11.5 Å². The zero-order valence-corrected chi connectivity index (χ0v) is 19.4. The minimum atomic E-state index is -0.811. The highest BCUT2D eigenvalue weighted by Gasteiger charge is 2.47. The summed E-state index contributed by atoms with van der Waals surface area (Å²) in [6.07, 6.45) is 0.857. The Morgan fingerprint density at radius 2 is 1.65 bits per heavy atom. The zero-order valence-electron chi connectivity index (χ0n) is 19.4. The summed E-state index contributed by atoms with van der Waals surface area (Å²) >= 11 is 0. The van der Waals surface area contributed by atoms with Crippen molar-refractivity contribution in [1.82, 2.24) is 0 Å². The molecule has 1 saturated heterocycles. The van der Waals surface area contributed by atoms with Crippen LogP contribution in [0, 0.1) is 0 Å². The molecule has 4 rings (SSSR count). The molecule has 1 unspecified atom stereocenters. The second-order valence-corrected chi connectivity index (χ2v) is 7.92. The number of benzene rings is 3. The first-order valence-electron chi connectivity index (χ1n) is 11.3. The number of carbonyl (C=O) groups excluding carboxylic acids is 2. The molecule has 6 heteroatoms. The molecule has 1 aliphatic rings. The number of methoxy groups -OCH3 is 1. The van der Waals surface area contributed by atoms with Crippen LogP contribution in [0.1, 0.15) is 36.6 Å². The number of Topliss-reactive ketones (excluding diaryl/α,β-unsaturated/α-hetero) is 1. The molecule has 1 heterocycles. The first kappa shape index (κ1) is 23.1. The van der Waals surface area contributed by atoms with E-state index in [1.807, 2.05) is 44.2 Å². The highest BCUT2D eigenvalue weighted by molar-refractivity contribution is 6.51. The molecule has 3 aromatic rings. The SMILES string of the molecule is CCOc1ccc(/C(O)=C2/C(=O)C(=O)N(c3ccc(CC)cc3)C2c2cccc(OC)c2)cc1. The summed E-state index contributed by atoms with van der Waals surface area (Å²) in [4.78, 5) is 28.0. The van der Waals surface area contributed by atoms with Gasteiger partial charge in [0, 0.05) is 11.3 Å². The average Bonchev–Trinajstić information content (AvgIpc) is 3.14. The monoisotopic (exact) mass is 457 g/mol. The third-order valence-electron chi connectivity index (χ3n) is 5.92. The number of carbonyl (C=O) groups is 2. The lowest BCUT2D eigenvalue weighted by Gasteiger charge is -2.26. The molecular formula is C28H27NO5. The van der Waals surface area contributed by atoms with Crippen LogP contribution in [0.15, 0.2) is 78.4 Å². The summed E-state index contributed by atoms with van der Waals surface area (Å²) in [6.45, 7) is 4.45. The first-order chi connectivity index (χ1) is 16.5. The van der Waals surface area contributed by atoms with Gasteiger partial charge in [0.05, 0.1) is 25.3 Å². The largest absolute Gasteiger partial charge is 0.507 e. The lowest BCUT2D eigenvalue weighted by atomic mass is 9.95. The molecule has 0 aliphatic carbocycles. The summed E-state index contributed by atoms with van der Waals surface area (Å²) in [5.41, 5.74) is 2.81. The Kier molecular flexibility index (Phi) is 6.68. The molecule has 1 fully saturated rings. The smallest absolute Gasteiger partial charge is 0.300 e. The second-order valence-electron chi connectivity index (χ2n) is 7.92. The highest BCUT2D eigenvalue weighted by Crippen LogP contribution is 2.43. The molecule has 1 amide bonds. The van der Waals surface area contributed by atoms with E-state index in [0.717, 1.165) is 12.0 Å². The van der Waals surface area contributed by atoms with Gasteiger partial charge in [-0.05, 0) is 73.0 Å². The average molecular weight is 458 g/mol. The lowest BCUT2D eigenvalue weighted by molar-refractivity contribution is -0.132. The lowest BCUT2D eigenvalue weighted by Crippen LogP contribution is -2.29. The van der Waals surface area contributed by atoms with Gasteiger partial charge in [-0.1, -0.05) is 31.2 Å². The number of nitrogens with zero attached hydrogens (tertiary/aromatic N) is 1. The van der Waals surface area contributed by atoms with E-state index in [2.05, 4.69) is 0 Å². The quantitative estimate of drug-likeness (QED) is 0.297. The fourth-order valence-corrected chi connectivity index (χ4v) is 4.15. The number of anilines is 1. The fraction of sp³-hybridized carbons (Fsp3) is 0.214. The minimum Gasteiger partial charge on any atom is -0.507 e. The van der Waals surface area contributed by atoms with Gasteiger partial charge >= 0.3 is 0 Å². The van der Waals surface area contributed by atoms with Gasteiger partial charge in [0.2, 0.25) is 0 Å². The number of ether oxygens (including phenoxy) is 2. The van der Waals surface area contributed by atoms with Crippen molar-refractivity contribution in [3.05, 3.63) is 95.1 Å². The number of aryl methyl sites for hydroxylation is 1. The maximum atomic E-state index is 13.3. The van der Waals surface area contributed by atoms with Crippen LogP contribution >= 0.6 is 0 Å². The molecule has 174 valence electrons. The van der Waals surface area contributed by atoms with Crippen LogP contribution in [0.2, 0.25) is 0 Å². The van der Waals surface area contributed by atoms with Crippen molar-refractivity contribution in [1.29, 1.82) is 0 Å². The summed E-state index contributed by atoms with van der Waals surface area (Å²) in [7, 11) is 1.56. The molecule has 6 nitrogen and oxygen atoms in total. The van der Waals surface area contributed by atoms with Gasteiger partial charge < -0.3 is 14.6 Å². The maximum Gasteiger partial charge on any atom is 0.300 e. The molecule has 0 saturated carbocycles. The number of hydrogen-bond acceptors (Lipinski definition) is 5. The van der Waals surface area contributed by atoms with E-state index in [4.69, 9.17) is 9.47 Å². The van der Waals surface area contributed by atoms with E-state index in [0.29, 0.717) is 34.9 Å². The normalized spacial score (nSPS) is 17.1. The number of rotatable bonds is 7. The third kappa shape index (κ3) is 4.27. The Hall–Kier alpha value is -4.06. The molecule has 1 atom stereocenters. The number of aliphatic hydroxyl groups is 1. The van der Waals surface area contributed by atoms with Gasteiger partial charge in [-0.2, -0.15) is 0 Å². The molecule has 1 aliphatic heterocycles. The van der Waals surface area contributed by atoms with Crippen LogP contribution in [0.5, 0.6) is 11.5 Å². The zero-order chi connectivity index (χ0) is 24.2. The second kappa shape index (κ2) is 9.83. The Balaban J connectivity index is 1.88. The minimum absolute atomic E-state index is 0.0296. The van der Waals surface area contributed by atoms with Crippen molar-refractivity contribution in [2.24, 2.45) is 0 Å². The van der Waals surface area contributed by atoms with E-state index in [1.165, 1.54) is 4.90 Å². The van der Waals surface area contributed by atoms with Crippen LogP contribution in [0.4, 0.5) is 5.69 Å². The van der Waals surface area contributed by atoms with E-state index < -0.39 is 17.7 Å². The fourth-order valence-electron chi connectivity index (χ4n) is 4.15. The summed E-state index contributed by atoms with van der Waals surface area (Å²) in [6, 6.07) is 20.7. The maximum absolute atomic E-state index is 13.3. The van der Waals surface area contributed by atoms with Crippen molar-refractivity contribution < 1.29 is 24.2 Å². The van der Waals surface area contributed by atoms with Gasteiger partial charge in [-0.15, -0.1) is 0 Å². The van der Waals surface area contributed by atoms with Crippen molar-refractivity contribution in [3.63, 3.8) is 0 Å². The van der Waals surface area contributed by atoms with Gasteiger partial charge in [0.1, 0.15) is 17.3 Å². The Morgan fingerprint density at radius 1 is 0.941 bits per heavy atom. The molecule has 0 aromatic heterocycles. The van der Waals surface area contributed by atoms with Crippen LogP contribution in [-0.4, -0.2) is 30.5 Å². The molecule has 0 bridgehead atoms. The van der Waals surface area contributed by atoms with Crippen molar-refractivity contribution in [2.75, 3.05) is 18.6 Å². The Labute approximate surface area is 199 Å². The Morgan fingerprint density at radius 3 is 2.26 bits per heavy atom. The van der Waals surface area contributed by atoms with Gasteiger partial charge in [0.25, 0.3) is 11.7 Å². The standard InChI is InChI=1S/C28H27NO5/c1-4-18-9-13-21(14-10-18)29-25(20-7-6-8-23(17-20)33-3)24(27(31)28(29)32)26(30)19-11-15-22(16-12-19)34-5-2/h6-17,25,30H,4-5H2,1-3H3/b26-24-. The van der Waals surface area contributed by atoms with Gasteiger partial charge in [0.15, 0.2) is 0 Å². The molecule has 0 radical (unpaired) electrons. The number of ketones is 1. The Bertz CT molecular complexity index is 1230. The summed E-state index contributed by atoms with van der Waals surface area (Å²) in [5.74, 6) is -0.421. The van der Waals surface area contributed by atoms with Crippen molar-refractivity contribution in [2.45, 2.75) is 26.3 Å². The first-order valence-corrected chi connectivity index (χ1v) is 11.3. The van der Waals surface area contributed by atoms with Crippen molar-refractivity contribution >= 4 is 23.1 Å². The molecule has 0 spiro atoms. The van der Waals surface area contributed by atoms with E-state index in [1.54, 1.807) is 49.6 Å². The third-order valence-corrected chi connectivity index (χ3v) is 5.92. The highest BCUT2D eigenvalue weighted by atomic mass is 16.5. The summed E-state index contributed by atoms with van der Waals surface area (Å²) in [5, 5.41) is 11.2. The molecular weight excluding hydrogens is 430 g/mol. The topological polar surface area (TPSA) is 76.1 Å². The number of hydrogen-bond donors (Lipinski definition) is 1. The predicted octanol–water partition coefficient (Wildman–Crippen LogP) is 5.28. The van der Waals surface area contributed by atoms with E-state index >= 15 is 0 Å². The number of aliphatic hydroxyl groups excluding tert-OH is 1. The molecule has 1 N–H and O–H groups in total. The molecule has 3 aromatic carbocycles. The van der Waals surface area contributed by atoms with Crippen LogP contribution in [-0.2, 0) is 16.0 Å². The molecule has 34 heavy (non-hydrogen) atoms. The van der Waals surface area contributed by atoms with Gasteiger partial charge in [-0.3, -0.25) is 14.5 Å². The van der Waals surface area contributed by atoms with E-state index in [9.17, 15) is 14.7 Å². The van der Waals surface area contributed by atoms with Crippen LogP contribution in [0.25, 0.3) is 5.76 Å². The number of amides is 1.